The zero-order chi connectivity index (χ0) is 10.7. The highest BCUT2D eigenvalue weighted by Crippen LogP contribution is 2.20. The molecule has 76 valence electrons. The van der Waals surface area contributed by atoms with Gasteiger partial charge in [0.2, 0.25) is 0 Å². The van der Waals surface area contributed by atoms with Crippen molar-refractivity contribution in [1.29, 1.82) is 0 Å². The molecule has 1 heterocycles. The van der Waals surface area contributed by atoms with Crippen molar-refractivity contribution < 1.29 is 9.53 Å². The van der Waals surface area contributed by atoms with Crippen molar-refractivity contribution in [2.45, 2.75) is 13.0 Å². The molecular formula is C12H9BrO2. The SMILES string of the molecule is O=C1OCc2ccc(C#CCCBr)cc21. The van der Waals surface area contributed by atoms with Gasteiger partial charge in [-0.3, -0.25) is 0 Å². The Morgan fingerprint density at radius 3 is 3.13 bits per heavy atom. The van der Waals surface area contributed by atoms with E-state index >= 15 is 0 Å². The Bertz CT molecular complexity index is 454. The normalized spacial score (nSPS) is 12.7. The van der Waals surface area contributed by atoms with Crippen molar-refractivity contribution in [3.63, 3.8) is 0 Å². The van der Waals surface area contributed by atoms with Gasteiger partial charge in [-0.2, -0.15) is 0 Å². The van der Waals surface area contributed by atoms with Crippen LogP contribution in [-0.2, 0) is 11.3 Å². The van der Waals surface area contributed by atoms with E-state index in [9.17, 15) is 4.79 Å². The second-order valence-corrected chi connectivity index (χ2v) is 3.98. The van der Waals surface area contributed by atoms with Crippen molar-refractivity contribution in [1.82, 2.24) is 0 Å². The number of esters is 1. The van der Waals surface area contributed by atoms with E-state index in [-0.39, 0.29) is 5.97 Å². The molecule has 1 aliphatic heterocycles. The van der Waals surface area contributed by atoms with Crippen LogP contribution in [0.15, 0.2) is 18.2 Å². The highest BCUT2D eigenvalue weighted by Gasteiger charge is 2.20. The van der Waals surface area contributed by atoms with Crippen LogP contribution >= 0.6 is 15.9 Å². The molecule has 0 saturated heterocycles. The minimum atomic E-state index is -0.242. The van der Waals surface area contributed by atoms with Crippen LogP contribution in [-0.4, -0.2) is 11.3 Å². The molecule has 1 aliphatic rings. The number of rotatable bonds is 1. The molecule has 0 aliphatic carbocycles. The number of hydrogen-bond donors (Lipinski definition) is 0. The van der Waals surface area contributed by atoms with Gasteiger partial charge in [0.05, 0.1) is 5.56 Å². The monoisotopic (exact) mass is 264 g/mol. The summed E-state index contributed by atoms with van der Waals surface area (Å²) in [4.78, 5) is 11.3. The van der Waals surface area contributed by atoms with Gasteiger partial charge in [0, 0.05) is 22.9 Å². The summed E-state index contributed by atoms with van der Waals surface area (Å²) < 4.78 is 4.91. The molecule has 0 saturated carbocycles. The van der Waals surface area contributed by atoms with Gasteiger partial charge in [0.15, 0.2) is 0 Å². The Morgan fingerprint density at radius 1 is 1.47 bits per heavy atom. The van der Waals surface area contributed by atoms with Crippen molar-refractivity contribution in [2.24, 2.45) is 0 Å². The summed E-state index contributed by atoms with van der Waals surface area (Å²) in [5, 5.41) is 0.868. The van der Waals surface area contributed by atoms with Gasteiger partial charge in [0.25, 0.3) is 0 Å². The minimum Gasteiger partial charge on any atom is -0.457 e. The predicted molar refractivity (Wildman–Crippen MR) is 60.9 cm³/mol. The van der Waals surface area contributed by atoms with Crippen molar-refractivity contribution in [3.05, 3.63) is 34.9 Å². The van der Waals surface area contributed by atoms with E-state index < -0.39 is 0 Å². The first-order chi connectivity index (χ1) is 7.31. The van der Waals surface area contributed by atoms with E-state index in [0.717, 1.165) is 22.9 Å². The van der Waals surface area contributed by atoms with E-state index in [0.29, 0.717) is 12.2 Å². The van der Waals surface area contributed by atoms with Gasteiger partial charge in [0.1, 0.15) is 6.61 Å². The number of carbonyl (C=O) groups is 1. The third-order valence-electron chi connectivity index (χ3n) is 2.14. The Hall–Kier alpha value is -1.27. The summed E-state index contributed by atoms with van der Waals surface area (Å²) >= 11 is 3.31. The lowest BCUT2D eigenvalue weighted by atomic mass is 10.1. The number of carbonyl (C=O) groups excluding carboxylic acids is 1. The first-order valence-electron chi connectivity index (χ1n) is 4.66. The molecule has 0 N–H and O–H groups in total. The van der Waals surface area contributed by atoms with Crippen LogP contribution in [0.25, 0.3) is 0 Å². The fourth-order valence-electron chi connectivity index (χ4n) is 1.40. The van der Waals surface area contributed by atoms with Crippen LogP contribution in [0.3, 0.4) is 0 Å². The molecule has 1 aromatic carbocycles. The fraction of sp³-hybridized carbons (Fsp3) is 0.250. The summed E-state index contributed by atoms with van der Waals surface area (Å²) in [5.74, 6) is 5.77. The van der Waals surface area contributed by atoms with Crippen molar-refractivity contribution in [3.8, 4) is 11.8 Å². The number of fused-ring (bicyclic) bond motifs is 1. The second kappa shape index (κ2) is 4.50. The van der Waals surface area contributed by atoms with Crippen molar-refractivity contribution >= 4 is 21.9 Å². The molecule has 3 heteroatoms. The van der Waals surface area contributed by atoms with Crippen molar-refractivity contribution in [2.75, 3.05) is 5.33 Å². The van der Waals surface area contributed by atoms with Gasteiger partial charge in [-0.05, 0) is 12.1 Å². The molecule has 0 radical (unpaired) electrons. The van der Waals surface area contributed by atoms with E-state index in [4.69, 9.17) is 4.74 Å². The zero-order valence-electron chi connectivity index (χ0n) is 8.05. The highest BCUT2D eigenvalue weighted by molar-refractivity contribution is 9.09. The summed E-state index contributed by atoms with van der Waals surface area (Å²) in [6.07, 6.45) is 0.807. The highest BCUT2D eigenvalue weighted by atomic mass is 79.9. The quantitative estimate of drug-likeness (QED) is 0.443. The van der Waals surface area contributed by atoms with E-state index in [1.54, 1.807) is 6.07 Å². The molecule has 2 rings (SSSR count). The third kappa shape index (κ3) is 2.21. The van der Waals surface area contributed by atoms with Crippen LogP contribution < -0.4 is 0 Å². The first kappa shape index (κ1) is 10.3. The maximum atomic E-state index is 11.3. The summed E-state index contributed by atoms with van der Waals surface area (Å²) in [5.41, 5.74) is 2.47. The number of alkyl halides is 1. The van der Waals surface area contributed by atoms with Gasteiger partial charge in [-0.1, -0.05) is 33.8 Å². The molecule has 0 aromatic heterocycles. The molecule has 0 unspecified atom stereocenters. The van der Waals surface area contributed by atoms with Gasteiger partial charge in [-0.15, -0.1) is 0 Å². The molecule has 0 fully saturated rings. The summed E-state index contributed by atoms with van der Waals surface area (Å²) in [6, 6.07) is 5.62. The molecule has 2 nitrogen and oxygen atoms in total. The first-order valence-corrected chi connectivity index (χ1v) is 5.78. The molecule has 0 atom stereocenters. The van der Waals surface area contributed by atoms with E-state index in [1.807, 2.05) is 12.1 Å². The molecule has 1 aromatic rings. The topological polar surface area (TPSA) is 26.3 Å². The zero-order valence-corrected chi connectivity index (χ0v) is 9.63. The fourth-order valence-corrected chi connectivity index (χ4v) is 1.60. The average Bonchev–Trinajstić information content (AvgIpc) is 2.61. The van der Waals surface area contributed by atoms with Crippen LogP contribution in [0.2, 0.25) is 0 Å². The van der Waals surface area contributed by atoms with Gasteiger partial charge < -0.3 is 4.74 Å². The summed E-state index contributed by atoms with van der Waals surface area (Å²) in [6.45, 7) is 0.392. The average molecular weight is 265 g/mol. The maximum Gasteiger partial charge on any atom is 0.338 e. The lowest BCUT2D eigenvalue weighted by Gasteiger charge is -1.94. The van der Waals surface area contributed by atoms with Crippen LogP contribution in [0.4, 0.5) is 0 Å². The largest absolute Gasteiger partial charge is 0.457 e. The number of cyclic esters (lactones) is 1. The number of hydrogen-bond acceptors (Lipinski definition) is 2. The Balaban J connectivity index is 2.27. The Labute approximate surface area is 96.8 Å². The Morgan fingerprint density at radius 2 is 2.33 bits per heavy atom. The smallest absolute Gasteiger partial charge is 0.338 e. The van der Waals surface area contributed by atoms with E-state index in [1.165, 1.54) is 0 Å². The van der Waals surface area contributed by atoms with Gasteiger partial charge in [-0.25, -0.2) is 4.79 Å². The van der Waals surface area contributed by atoms with Gasteiger partial charge >= 0.3 is 5.97 Å². The third-order valence-corrected chi connectivity index (χ3v) is 2.54. The van der Waals surface area contributed by atoms with Crippen LogP contribution in [0, 0.1) is 11.8 Å². The molecular weight excluding hydrogens is 256 g/mol. The lowest BCUT2D eigenvalue weighted by Crippen LogP contribution is -1.93. The number of benzene rings is 1. The number of halogens is 1. The van der Waals surface area contributed by atoms with Crippen LogP contribution in [0.5, 0.6) is 0 Å². The second-order valence-electron chi connectivity index (χ2n) is 3.19. The predicted octanol–water partition coefficient (Wildman–Crippen LogP) is 2.49. The summed E-state index contributed by atoms with van der Waals surface area (Å²) in [7, 11) is 0. The Kier molecular flexibility index (Phi) is 3.08. The van der Waals surface area contributed by atoms with E-state index in [2.05, 4.69) is 27.8 Å². The minimum absolute atomic E-state index is 0.242. The van der Waals surface area contributed by atoms with Crippen LogP contribution in [0.1, 0.15) is 27.9 Å². The molecule has 0 spiro atoms. The standard InChI is InChI=1S/C12H9BrO2/c13-6-2-1-3-9-4-5-10-8-15-12(14)11(10)7-9/h4-5,7H,2,6,8H2. The lowest BCUT2D eigenvalue weighted by molar-refractivity contribution is 0.0535. The molecule has 0 amide bonds. The number of ether oxygens (including phenoxy) is 1. The maximum absolute atomic E-state index is 11.3. The molecule has 0 bridgehead atoms. The molecule has 15 heavy (non-hydrogen) atoms.